The SMILES string of the molecule is CCC(C)[C@H](N)C(=O)Nc1cc(C(=O)O)cc(C(=O)O)c1. The summed E-state index contributed by atoms with van der Waals surface area (Å²) in [6.07, 6.45) is 0.712. The van der Waals surface area contributed by atoms with Crippen LogP contribution in [-0.2, 0) is 4.79 Å². The number of carbonyl (C=O) groups is 3. The van der Waals surface area contributed by atoms with Crippen LogP contribution in [0.4, 0.5) is 5.69 Å². The number of rotatable bonds is 6. The number of anilines is 1. The van der Waals surface area contributed by atoms with Gasteiger partial charge in [0.2, 0.25) is 5.91 Å². The predicted molar refractivity (Wildman–Crippen MR) is 76.4 cm³/mol. The van der Waals surface area contributed by atoms with Crippen molar-refractivity contribution in [3.8, 4) is 0 Å². The van der Waals surface area contributed by atoms with Crippen LogP contribution in [0.2, 0.25) is 0 Å². The first-order valence-corrected chi connectivity index (χ1v) is 6.44. The minimum atomic E-state index is -1.28. The number of amides is 1. The molecule has 0 bridgehead atoms. The smallest absolute Gasteiger partial charge is 0.335 e. The quantitative estimate of drug-likeness (QED) is 0.627. The first-order valence-electron chi connectivity index (χ1n) is 6.44. The first kappa shape index (κ1) is 16.6. The minimum Gasteiger partial charge on any atom is -0.478 e. The summed E-state index contributed by atoms with van der Waals surface area (Å²) in [4.78, 5) is 33.9. The molecule has 0 saturated heterocycles. The van der Waals surface area contributed by atoms with Crippen LogP contribution in [-0.4, -0.2) is 34.1 Å². The van der Waals surface area contributed by atoms with Crippen molar-refractivity contribution in [3.05, 3.63) is 29.3 Å². The van der Waals surface area contributed by atoms with Crippen molar-refractivity contribution in [2.75, 3.05) is 5.32 Å². The molecular formula is C14H18N2O5. The maximum atomic E-state index is 11.9. The second-order valence-corrected chi connectivity index (χ2v) is 4.81. The second kappa shape index (κ2) is 6.85. The minimum absolute atomic E-state index is 0.0494. The van der Waals surface area contributed by atoms with Crippen molar-refractivity contribution >= 4 is 23.5 Å². The van der Waals surface area contributed by atoms with E-state index in [0.29, 0.717) is 6.42 Å². The van der Waals surface area contributed by atoms with E-state index in [4.69, 9.17) is 15.9 Å². The van der Waals surface area contributed by atoms with Gasteiger partial charge in [0.05, 0.1) is 17.2 Å². The molecule has 0 aromatic heterocycles. The molecule has 0 spiro atoms. The molecule has 0 heterocycles. The van der Waals surface area contributed by atoms with Gasteiger partial charge in [-0.2, -0.15) is 0 Å². The summed E-state index contributed by atoms with van der Waals surface area (Å²) < 4.78 is 0. The highest BCUT2D eigenvalue weighted by atomic mass is 16.4. The fourth-order valence-corrected chi connectivity index (χ4v) is 1.68. The Morgan fingerprint density at radius 2 is 1.62 bits per heavy atom. The Morgan fingerprint density at radius 3 is 2.00 bits per heavy atom. The van der Waals surface area contributed by atoms with E-state index in [9.17, 15) is 14.4 Å². The van der Waals surface area contributed by atoms with E-state index in [1.165, 1.54) is 12.1 Å². The zero-order chi connectivity index (χ0) is 16.2. The lowest BCUT2D eigenvalue weighted by Crippen LogP contribution is -2.40. The number of benzene rings is 1. The third kappa shape index (κ3) is 4.28. The molecule has 1 amide bonds. The van der Waals surface area contributed by atoms with Crippen LogP contribution < -0.4 is 11.1 Å². The molecule has 7 heteroatoms. The van der Waals surface area contributed by atoms with Gasteiger partial charge in [0.25, 0.3) is 0 Å². The van der Waals surface area contributed by atoms with Crippen molar-refractivity contribution in [3.63, 3.8) is 0 Å². The summed E-state index contributed by atoms with van der Waals surface area (Å²) in [7, 11) is 0. The van der Waals surface area contributed by atoms with Gasteiger partial charge in [-0.1, -0.05) is 20.3 Å². The Morgan fingerprint density at radius 1 is 1.14 bits per heavy atom. The molecule has 0 aliphatic carbocycles. The van der Waals surface area contributed by atoms with Crippen LogP contribution in [0, 0.1) is 5.92 Å². The van der Waals surface area contributed by atoms with Gasteiger partial charge in [0.1, 0.15) is 0 Å². The van der Waals surface area contributed by atoms with E-state index in [2.05, 4.69) is 5.32 Å². The number of carbonyl (C=O) groups excluding carboxylic acids is 1. The van der Waals surface area contributed by atoms with Crippen molar-refractivity contribution in [1.29, 1.82) is 0 Å². The van der Waals surface area contributed by atoms with Gasteiger partial charge in [-0.25, -0.2) is 9.59 Å². The molecule has 1 unspecified atom stereocenters. The van der Waals surface area contributed by atoms with E-state index in [0.717, 1.165) is 6.07 Å². The fourth-order valence-electron chi connectivity index (χ4n) is 1.68. The number of nitrogens with one attached hydrogen (secondary N) is 1. The van der Waals surface area contributed by atoms with Gasteiger partial charge >= 0.3 is 11.9 Å². The van der Waals surface area contributed by atoms with Crippen LogP contribution in [0.5, 0.6) is 0 Å². The van der Waals surface area contributed by atoms with E-state index in [-0.39, 0.29) is 22.7 Å². The van der Waals surface area contributed by atoms with Crippen LogP contribution in [0.1, 0.15) is 41.0 Å². The van der Waals surface area contributed by atoms with E-state index < -0.39 is 23.9 Å². The zero-order valence-corrected chi connectivity index (χ0v) is 11.8. The summed E-state index contributed by atoms with van der Waals surface area (Å²) in [6.45, 7) is 3.71. The molecule has 2 atom stereocenters. The summed E-state index contributed by atoms with van der Waals surface area (Å²) in [5, 5.41) is 20.4. The normalized spacial score (nSPS) is 13.3. The zero-order valence-electron chi connectivity index (χ0n) is 11.8. The molecule has 0 fully saturated rings. The monoisotopic (exact) mass is 294 g/mol. The highest BCUT2D eigenvalue weighted by Crippen LogP contribution is 2.17. The molecule has 114 valence electrons. The first-order chi connectivity index (χ1) is 9.76. The summed E-state index contributed by atoms with van der Waals surface area (Å²) in [5.74, 6) is -3.09. The van der Waals surface area contributed by atoms with Crippen LogP contribution in [0.15, 0.2) is 18.2 Å². The molecule has 1 rings (SSSR count). The molecule has 7 nitrogen and oxygen atoms in total. The number of carboxylic acids is 2. The number of carboxylic acid groups (broad SMARTS) is 2. The number of hydrogen-bond acceptors (Lipinski definition) is 4. The van der Waals surface area contributed by atoms with Crippen LogP contribution in [0.3, 0.4) is 0 Å². The Kier molecular flexibility index (Phi) is 5.43. The Hall–Kier alpha value is -2.41. The largest absolute Gasteiger partial charge is 0.478 e. The van der Waals surface area contributed by atoms with Gasteiger partial charge in [0.15, 0.2) is 0 Å². The molecule has 21 heavy (non-hydrogen) atoms. The summed E-state index contributed by atoms with van der Waals surface area (Å²) in [6, 6.07) is 2.65. The predicted octanol–water partition coefficient (Wildman–Crippen LogP) is 1.39. The van der Waals surface area contributed by atoms with Gasteiger partial charge in [-0.15, -0.1) is 0 Å². The lowest BCUT2D eigenvalue weighted by molar-refractivity contribution is -0.118. The molecule has 0 aliphatic heterocycles. The average molecular weight is 294 g/mol. The lowest BCUT2D eigenvalue weighted by atomic mass is 9.99. The van der Waals surface area contributed by atoms with E-state index in [1.807, 2.05) is 13.8 Å². The standard InChI is InChI=1S/C14H18N2O5/c1-3-7(2)11(15)12(17)16-10-5-8(13(18)19)4-9(6-10)14(20)21/h4-7,11H,3,15H2,1-2H3,(H,16,17)(H,18,19)(H,20,21)/t7?,11-/m0/s1. The Balaban J connectivity index is 3.05. The van der Waals surface area contributed by atoms with E-state index in [1.54, 1.807) is 0 Å². The maximum Gasteiger partial charge on any atom is 0.335 e. The molecular weight excluding hydrogens is 276 g/mol. The van der Waals surface area contributed by atoms with Crippen molar-refractivity contribution < 1.29 is 24.6 Å². The molecule has 0 radical (unpaired) electrons. The molecule has 5 N–H and O–H groups in total. The summed E-state index contributed by atoms with van der Waals surface area (Å²) >= 11 is 0. The highest BCUT2D eigenvalue weighted by molar-refractivity contribution is 5.99. The number of nitrogens with two attached hydrogens (primary N) is 1. The van der Waals surface area contributed by atoms with Gasteiger partial charge < -0.3 is 21.3 Å². The van der Waals surface area contributed by atoms with Crippen molar-refractivity contribution in [1.82, 2.24) is 0 Å². The fraction of sp³-hybridized carbons (Fsp3) is 0.357. The second-order valence-electron chi connectivity index (χ2n) is 4.81. The van der Waals surface area contributed by atoms with Crippen molar-refractivity contribution in [2.45, 2.75) is 26.3 Å². The summed E-state index contributed by atoms with van der Waals surface area (Å²) in [5.41, 5.74) is 5.42. The third-order valence-electron chi connectivity index (χ3n) is 3.25. The lowest BCUT2D eigenvalue weighted by Gasteiger charge is -2.18. The molecule has 1 aromatic carbocycles. The molecule has 1 aromatic rings. The Labute approximate surface area is 121 Å². The number of hydrogen-bond donors (Lipinski definition) is 4. The van der Waals surface area contributed by atoms with Gasteiger partial charge in [-0.05, 0) is 24.1 Å². The van der Waals surface area contributed by atoms with Crippen LogP contribution in [0.25, 0.3) is 0 Å². The van der Waals surface area contributed by atoms with Gasteiger partial charge in [-0.3, -0.25) is 4.79 Å². The van der Waals surface area contributed by atoms with Crippen molar-refractivity contribution in [2.24, 2.45) is 11.7 Å². The highest BCUT2D eigenvalue weighted by Gasteiger charge is 2.20. The average Bonchev–Trinajstić information content (AvgIpc) is 2.44. The topological polar surface area (TPSA) is 130 Å². The number of aromatic carboxylic acids is 2. The van der Waals surface area contributed by atoms with Crippen LogP contribution >= 0.6 is 0 Å². The third-order valence-corrected chi connectivity index (χ3v) is 3.25. The molecule has 0 saturated carbocycles. The van der Waals surface area contributed by atoms with E-state index >= 15 is 0 Å². The van der Waals surface area contributed by atoms with Gasteiger partial charge in [0, 0.05) is 5.69 Å². The molecule has 0 aliphatic rings. The Bertz CT molecular complexity index is 538. The maximum absolute atomic E-state index is 11.9.